The number of nitrogens with zero attached hydrogens (tertiary/aromatic N) is 2. The summed E-state index contributed by atoms with van der Waals surface area (Å²) in [4.78, 5) is 39.9. The molecule has 2 atom stereocenters. The Morgan fingerprint density at radius 1 is 1.17 bits per heavy atom. The molecule has 2 aliphatic rings. The fraction of sp³-hybridized carbons (Fsp3) is 0.824. The van der Waals surface area contributed by atoms with Gasteiger partial charge in [-0.2, -0.15) is 0 Å². The summed E-state index contributed by atoms with van der Waals surface area (Å²) >= 11 is 0. The van der Waals surface area contributed by atoms with Gasteiger partial charge in [0.05, 0.1) is 12.6 Å². The van der Waals surface area contributed by atoms with Crippen LogP contribution in [0.1, 0.15) is 33.6 Å². The highest BCUT2D eigenvalue weighted by Gasteiger charge is 2.31. The minimum absolute atomic E-state index is 0.0228. The molecule has 0 aliphatic carbocycles. The van der Waals surface area contributed by atoms with E-state index in [2.05, 4.69) is 5.32 Å². The van der Waals surface area contributed by atoms with E-state index in [-0.39, 0.29) is 36.2 Å². The van der Waals surface area contributed by atoms with E-state index < -0.39 is 6.04 Å². The maximum absolute atomic E-state index is 12.3. The zero-order valence-electron chi connectivity index (χ0n) is 14.9. The molecule has 1 N–H and O–H groups in total. The summed E-state index contributed by atoms with van der Waals surface area (Å²) < 4.78 is 5.45. The molecule has 2 amide bonds. The van der Waals surface area contributed by atoms with Crippen LogP contribution in [0.4, 0.5) is 0 Å². The van der Waals surface area contributed by atoms with Crippen LogP contribution in [-0.2, 0) is 19.1 Å². The van der Waals surface area contributed by atoms with Crippen molar-refractivity contribution < 1.29 is 19.1 Å². The van der Waals surface area contributed by atoms with Crippen LogP contribution in [0.15, 0.2) is 0 Å². The Labute approximate surface area is 143 Å². The van der Waals surface area contributed by atoms with Gasteiger partial charge >= 0.3 is 0 Å². The summed E-state index contributed by atoms with van der Waals surface area (Å²) in [6, 6.07) is -0.431. The smallest absolute Gasteiger partial charge is 0.251 e. The number of ether oxygens (including phenoxy) is 1. The lowest BCUT2D eigenvalue weighted by molar-refractivity contribution is -0.143. The van der Waals surface area contributed by atoms with Crippen molar-refractivity contribution in [3.05, 3.63) is 0 Å². The Morgan fingerprint density at radius 2 is 1.83 bits per heavy atom. The summed E-state index contributed by atoms with van der Waals surface area (Å²) in [5, 5.41) is 2.81. The van der Waals surface area contributed by atoms with Gasteiger partial charge in [-0.25, -0.2) is 0 Å². The van der Waals surface area contributed by atoms with E-state index in [0.717, 1.165) is 12.8 Å². The molecule has 0 radical (unpaired) electrons. The topological polar surface area (TPSA) is 79.0 Å². The molecule has 0 aromatic rings. The predicted molar refractivity (Wildman–Crippen MR) is 89.4 cm³/mol. The highest BCUT2D eigenvalue weighted by molar-refractivity contribution is 5.88. The Hall–Kier alpha value is -1.47. The van der Waals surface area contributed by atoms with E-state index in [1.165, 1.54) is 6.92 Å². The van der Waals surface area contributed by atoms with E-state index in [0.29, 0.717) is 32.8 Å². The summed E-state index contributed by atoms with van der Waals surface area (Å²) in [7, 11) is 0. The largest absolute Gasteiger partial charge is 0.368 e. The van der Waals surface area contributed by atoms with E-state index >= 15 is 0 Å². The minimum atomic E-state index is -0.431. The van der Waals surface area contributed by atoms with Crippen molar-refractivity contribution in [1.82, 2.24) is 15.1 Å². The zero-order valence-corrected chi connectivity index (χ0v) is 14.9. The molecular weight excluding hydrogens is 310 g/mol. The van der Waals surface area contributed by atoms with Gasteiger partial charge in [-0.15, -0.1) is 0 Å². The van der Waals surface area contributed by atoms with Gasteiger partial charge in [0.25, 0.3) is 5.91 Å². The first-order chi connectivity index (χ1) is 11.4. The molecule has 2 aliphatic heterocycles. The fourth-order valence-electron chi connectivity index (χ4n) is 3.26. The van der Waals surface area contributed by atoms with Gasteiger partial charge in [0, 0.05) is 32.8 Å². The molecular formula is C17H29N3O4. The van der Waals surface area contributed by atoms with E-state index in [4.69, 9.17) is 4.74 Å². The summed E-state index contributed by atoms with van der Waals surface area (Å²) in [6.45, 7) is 8.83. The zero-order chi connectivity index (χ0) is 17.7. The van der Waals surface area contributed by atoms with Gasteiger partial charge in [-0.3, -0.25) is 19.3 Å². The van der Waals surface area contributed by atoms with E-state index in [9.17, 15) is 14.4 Å². The average Bonchev–Trinajstić information content (AvgIpc) is 3.06. The number of ketones is 1. The quantitative estimate of drug-likeness (QED) is 0.739. The van der Waals surface area contributed by atoms with Crippen molar-refractivity contribution in [2.24, 2.45) is 5.92 Å². The van der Waals surface area contributed by atoms with Crippen LogP contribution >= 0.6 is 0 Å². The Kier molecular flexibility index (Phi) is 6.74. The molecule has 2 unspecified atom stereocenters. The first-order valence-corrected chi connectivity index (χ1v) is 8.81. The van der Waals surface area contributed by atoms with Crippen molar-refractivity contribution in [2.75, 3.05) is 39.3 Å². The molecule has 2 saturated heterocycles. The van der Waals surface area contributed by atoms with Crippen molar-refractivity contribution in [3.8, 4) is 0 Å². The molecule has 2 rings (SSSR count). The Bertz CT molecular complexity index is 466. The van der Waals surface area contributed by atoms with Gasteiger partial charge in [0.15, 0.2) is 5.78 Å². The van der Waals surface area contributed by atoms with E-state index in [1.54, 1.807) is 0 Å². The second-order valence-electron chi connectivity index (χ2n) is 7.00. The predicted octanol–water partition coefficient (Wildman–Crippen LogP) is 0.0394. The van der Waals surface area contributed by atoms with Crippen LogP contribution in [-0.4, -0.2) is 78.9 Å². The standard InChI is InChI=1S/C17H29N3O4/c1-12(2)16(13(3)21)18-15(22)11-19-6-8-20(9-7-19)17(23)14-5-4-10-24-14/h12,14,16H,4-11H2,1-3H3,(H,18,22). The Balaban J connectivity index is 1.75. The number of amides is 2. The number of Topliss-reactive ketones (excluding diaryl/α,β-unsaturated/α-hetero) is 1. The van der Waals surface area contributed by atoms with Crippen LogP contribution in [0.25, 0.3) is 0 Å². The third kappa shape index (κ3) is 5.01. The third-order valence-corrected chi connectivity index (χ3v) is 4.68. The van der Waals surface area contributed by atoms with Gasteiger partial charge in [0.2, 0.25) is 5.91 Å². The summed E-state index contributed by atoms with van der Waals surface area (Å²) in [5.74, 6) is -0.00600. The molecule has 2 heterocycles. The monoisotopic (exact) mass is 339 g/mol. The molecule has 7 heteroatoms. The van der Waals surface area contributed by atoms with Crippen molar-refractivity contribution in [3.63, 3.8) is 0 Å². The second kappa shape index (κ2) is 8.58. The van der Waals surface area contributed by atoms with Crippen molar-refractivity contribution in [2.45, 2.75) is 45.8 Å². The maximum atomic E-state index is 12.3. The third-order valence-electron chi connectivity index (χ3n) is 4.68. The number of carbonyl (C=O) groups excluding carboxylic acids is 3. The summed E-state index contributed by atoms with van der Waals surface area (Å²) in [5.41, 5.74) is 0. The SMILES string of the molecule is CC(=O)C(NC(=O)CN1CCN(C(=O)C2CCCO2)CC1)C(C)C. The minimum Gasteiger partial charge on any atom is -0.368 e. The number of hydrogen-bond donors (Lipinski definition) is 1. The van der Waals surface area contributed by atoms with Crippen LogP contribution in [0.3, 0.4) is 0 Å². The molecule has 0 bridgehead atoms. The molecule has 136 valence electrons. The highest BCUT2D eigenvalue weighted by Crippen LogP contribution is 2.16. The van der Waals surface area contributed by atoms with Gasteiger partial charge in [-0.05, 0) is 25.7 Å². The number of hydrogen-bond acceptors (Lipinski definition) is 5. The summed E-state index contributed by atoms with van der Waals surface area (Å²) in [6.07, 6.45) is 1.48. The van der Waals surface area contributed by atoms with Gasteiger partial charge < -0.3 is 15.0 Å². The molecule has 0 spiro atoms. The van der Waals surface area contributed by atoms with Crippen molar-refractivity contribution >= 4 is 17.6 Å². The number of nitrogens with one attached hydrogen (secondary N) is 1. The second-order valence-corrected chi connectivity index (χ2v) is 7.00. The Morgan fingerprint density at radius 3 is 2.33 bits per heavy atom. The molecule has 0 saturated carbocycles. The normalized spacial score (nSPS) is 23.3. The van der Waals surface area contributed by atoms with Crippen LogP contribution < -0.4 is 5.32 Å². The number of rotatable bonds is 6. The highest BCUT2D eigenvalue weighted by atomic mass is 16.5. The van der Waals surface area contributed by atoms with Crippen LogP contribution in [0.5, 0.6) is 0 Å². The van der Waals surface area contributed by atoms with Crippen LogP contribution in [0, 0.1) is 5.92 Å². The van der Waals surface area contributed by atoms with Crippen molar-refractivity contribution in [1.29, 1.82) is 0 Å². The number of carbonyl (C=O) groups is 3. The van der Waals surface area contributed by atoms with Gasteiger partial charge in [-0.1, -0.05) is 13.8 Å². The molecule has 24 heavy (non-hydrogen) atoms. The first-order valence-electron chi connectivity index (χ1n) is 8.81. The molecule has 2 fully saturated rings. The lowest BCUT2D eigenvalue weighted by Gasteiger charge is -2.35. The lowest BCUT2D eigenvalue weighted by Crippen LogP contribution is -2.54. The average molecular weight is 339 g/mol. The first kappa shape index (κ1) is 18.9. The fourth-order valence-corrected chi connectivity index (χ4v) is 3.26. The van der Waals surface area contributed by atoms with Crippen LogP contribution in [0.2, 0.25) is 0 Å². The maximum Gasteiger partial charge on any atom is 0.251 e. The van der Waals surface area contributed by atoms with E-state index in [1.807, 2.05) is 23.6 Å². The molecule has 7 nitrogen and oxygen atoms in total. The molecule has 0 aromatic heterocycles. The van der Waals surface area contributed by atoms with Gasteiger partial charge in [0.1, 0.15) is 6.10 Å². The lowest BCUT2D eigenvalue weighted by atomic mass is 10.0. The molecule has 0 aromatic carbocycles. The number of piperazine rings is 1.